The van der Waals surface area contributed by atoms with Gasteiger partial charge in [-0.2, -0.15) is 0 Å². The quantitative estimate of drug-likeness (QED) is 0.615. The largest absolute Gasteiger partial charge is 0.338 e. The molecule has 24 heavy (non-hydrogen) atoms. The van der Waals surface area contributed by atoms with Crippen molar-refractivity contribution < 1.29 is 9.72 Å². The highest BCUT2D eigenvalue weighted by Crippen LogP contribution is 2.34. The average Bonchev–Trinajstić information content (AvgIpc) is 2.97. The fourth-order valence-corrected chi connectivity index (χ4v) is 2.75. The minimum Gasteiger partial charge on any atom is -0.338 e. The molecule has 0 fully saturated rings. The zero-order chi connectivity index (χ0) is 17.9. The van der Waals surface area contributed by atoms with Crippen molar-refractivity contribution in [3.8, 4) is 0 Å². The van der Waals surface area contributed by atoms with Gasteiger partial charge in [-0.1, -0.05) is 0 Å². The molecule has 1 aromatic heterocycles. The van der Waals surface area contributed by atoms with Crippen molar-refractivity contribution in [2.24, 2.45) is 12.8 Å². The maximum Gasteiger partial charge on any atom is 0.284 e. The molecule has 10 heteroatoms. The van der Waals surface area contributed by atoms with Gasteiger partial charge in [0.25, 0.3) is 11.6 Å². The molecular weight excluding hydrogens is 332 g/mol. The molecule has 0 saturated carbocycles. The van der Waals surface area contributed by atoms with Crippen LogP contribution in [0.25, 0.3) is 0 Å². The summed E-state index contributed by atoms with van der Waals surface area (Å²) in [5.41, 5.74) is 5.65. The SMILES string of the molecule is CC(CN)N(C)C(=O)c1ccc(Sc2nncn2C)c([N+](=O)[O-])c1. The molecule has 0 saturated heterocycles. The Morgan fingerprint density at radius 1 is 1.54 bits per heavy atom. The molecule has 2 aromatic rings. The van der Waals surface area contributed by atoms with Crippen LogP contribution in [0.2, 0.25) is 0 Å². The highest BCUT2D eigenvalue weighted by Gasteiger charge is 2.22. The highest BCUT2D eigenvalue weighted by atomic mass is 32.2. The number of carbonyl (C=O) groups is 1. The minimum absolute atomic E-state index is 0.150. The summed E-state index contributed by atoms with van der Waals surface area (Å²) in [7, 11) is 3.36. The molecule has 1 amide bonds. The number of nitrogens with zero attached hydrogens (tertiary/aromatic N) is 5. The minimum atomic E-state index is -0.512. The summed E-state index contributed by atoms with van der Waals surface area (Å²) in [5.74, 6) is -0.314. The van der Waals surface area contributed by atoms with E-state index in [0.29, 0.717) is 16.6 Å². The van der Waals surface area contributed by atoms with Crippen LogP contribution < -0.4 is 5.73 Å². The second-order valence-corrected chi connectivity index (χ2v) is 6.28. The molecule has 1 atom stereocenters. The van der Waals surface area contributed by atoms with Gasteiger partial charge < -0.3 is 15.2 Å². The number of hydrogen-bond donors (Lipinski definition) is 1. The molecule has 2 rings (SSSR count). The van der Waals surface area contributed by atoms with Crippen LogP contribution in [0, 0.1) is 10.1 Å². The lowest BCUT2D eigenvalue weighted by Gasteiger charge is -2.23. The Hall–Kier alpha value is -2.46. The fourth-order valence-electron chi connectivity index (χ4n) is 1.90. The van der Waals surface area contributed by atoms with Gasteiger partial charge in [0.15, 0.2) is 5.16 Å². The van der Waals surface area contributed by atoms with Gasteiger partial charge in [0.1, 0.15) is 6.33 Å². The lowest BCUT2D eigenvalue weighted by Crippen LogP contribution is -2.39. The van der Waals surface area contributed by atoms with Gasteiger partial charge in [-0.05, 0) is 30.8 Å². The van der Waals surface area contributed by atoms with Gasteiger partial charge in [-0.15, -0.1) is 10.2 Å². The maximum absolute atomic E-state index is 12.4. The summed E-state index contributed by atoms with van der Waals surface area (Å²) in [5, 5.41) is 19.5. The van der Waals surface area contributed by atoms with E-state index >= 15 is 0 Å². The number of hydrogen-bond acceptors (Lipinski definition) is 7. The molecule has 0 aliphatic heterocycles. The molecule has 0 spiro atoms. The highest BCUT2D eigenvalue weighted by molar-refractivity contribution is 7.99. The van der Waals surface area contributed by atoms with E-state index in [0.717, 1.165) is 11.8 Å². The molecule has 1 heterocycles. The molecule has 1 unspecified atom stereocenters. The number of carbonyl (C=O) groups excluding carboxylic acids is 1. The van der Waals surface area contributed by atoms with Gasteiger partial charge in [0.05, 0.1) is 9.82 Å². The summed E-state index contributed by atoms with van der Waals surface area (Å²) < 4.78 is 1.66. The summed E-state index contributed by atoms with van der Waals surface area (Å²) >= 11 is 1.12. The Bertz CT molecular complexity index is 763. The molecule has 9 nitrogen and oxygen atoms in total. The van der Waals surface area contributed by atoms with Gasteiger partial charge in [0.2, 0.25) is 0 Å². The van der Waals surface area contributed by atoms with E-state index in [4.69, 9.17) is 5.73 Å². The first-order valence-electron chi connectivity index (χ1n) is 7.12. The number of likely N-dealkylation sites (N-methyl/N-ethyl adjacent to an activating group) is 1. The Morgan fingerprint density at radius 3 is 2.79 bits per heavy atom. The summed E-state index contributed by atoms with van der Waals surface area (Å²) in [6.07, 6.45) is 1.51. The van der Waals surface area contributed by atoms with E-state index in [1.54, 1.807) is 30.8 Å². The Labute approximate surface area is 143 Å². The van der Waals surface area contributed by atoms with Gasteiger partial charge in [-0.25, -0.2) is 0 Å². The summed E-state index contributed by atoms with van der Waals surface area (Å²) in [4.78, 5) is 25.1. The predicted octanol–water partition coefficient (Wildman–Crippen LogP) is 1.29. The zero-order valence-corrected chi connectivity index (χ0v) is 14.4. The van der Waals surface area contributed by atoms with Crippen molar-refractivity contribution in [3.63, 3.8) is 0 Å². The summed E-state index contributed by atoms with van der Waals surface area (Å²) in [6.45, 7) is 2.12. The molecule has 128 valence electrons. The third-order valence-electron chi connectivity index (χ3n) is 3.60. The van der Waals surface area contributed by atoms with Crippen LogP contribution in [-0.4, -0.2) is 50.1 Å². The number of nitrogens with two attached hydrogens (primary N) is 1. The smallest absolute Gasteiger partial charge is 0.284 e. The maximum atomic E-state index is 12.4. The van der Waals surface area contributed by atoms with E-state index in [1.165, 1.54) is 17.3 Å². The van der Waals surface area contributed by atoms with E-state index < -0.39 is 4.92 Å². The van der Waals surface area contributed by atoms with Gasteiger partial charge in [0, 0.05) is 38.3 Å². The molecule has 1 aromatic carbocycles. The lowest BCUT2D eigenvalue weighted by molar-refractivity contribution is -0.387. The second-order valence-electron chi connectivity index (χ2n) is 5.27. The normalized spacial score (nSPS) is 12.0. The topological polar surface area (TPSA) is 120 Å². The number of amides is 1. The standard InChI is InChI=1S/C14H18N6O3S/c1-9(7-15)19(3)13(21)10-4-5-12(11(6-10)20(22)23)24-14-17-16-8-18(14)2/h4-6,8-9H,7,15H2,1-3H3. The fraction of sp³-hybridized carbons (Fsp3) is 0.357. The monoisotopic (exact) mass is 350 g/mol. The Balaban J connectivity index is 2.35. The van der Waals surface area contributed by atoms with Crippen molar-refractivity contribution in [3.05, 3.63) is 40.2 Å². The molecule has 0 bridgehead atoms. The van der Waals surface area contributed by atoms with E-state index in [2.05, 4.69) is 10.2 Å². The Morgan fingerprint density at radius 2 is 2.25 bits per heavy atom. The van der Waals surface area contributed by atoms with Crippen LogP contribution in [0.1, 0.15) is 17.3 Å². The molecule has 0 aliphatic rings. The molecule has 0 radical (unpaired) electrons. The van der Waals surface area contributed by atoms with Crippen LogP contribution in [0.3, 0.4) is 0 Å². The van der Waals surface area contributed by atoms with Crippen LogP contribution in [0.5, 0.6) is 0 Å². The zero-order valence-electron chi connectivity index (χ0n) is 13.5. The number of aryl methyl sites for hydroxylation is 1. The van der Waals surface area contributed by atoms with Crippen molar-refractivity contribution in [2.75, 3.05) is 13.6 Å². The molecule has 2 N–H and O–H groups in total. The molecular formula is C14H18N6O3S. The number of aromatic nitrogens is 3. The van der Waals surface area contributed by atoms with Crippen molar-refractivity contribution in [1.82, 2.24) is 19.7 Å². The van der Waals surface area contributed by atoms with E-state index in [9.17, 15) is 14.9 Å². The second kappa shape index (κ2) is 7.41. The van der Waals surface area contributed by atoms with E-state index in [-0.39, 0.29) is 23.2 Å². The van der Waals surface area contributed by atoms with Crippen LogP contribution in [-0.2, 0) is 7.05 Å². The van der Waals surface area contributed by atoms with Crippen LogP contribution in [0.15, 0.2) is 34.6 Å². The lowest BCUT2D eigenvalue weighted by atomic mass is 10.1. The number of rotatable bonds is 6. The van der Waals surface area contributed by atoms with Crippen molar-refractivity contribution in [2.45, 2.75) is 23.0 Å². The molecule has 0 aliphatic carbocycles. The number of benzene rings is 1. The van der Waals surface area contributed by atoms with Crippen molar-refractivity contribution >= 4 is 23.4 Å². The third kappa shape index (κ3) is 3.71. The first-order chi connectivity index (χ1) is 11.3. The van der Waals surface area contributed by atoms with Crippen molar-refractivity contribution in [1.29, 1.82) is 0 Å². The Kier molecular flexibility index (Phi) is 5.52. The van der Waals surface area contributed by atoms with Gasteiger partial charge in [-0.3, -0.25) is 14.9 Å². The van der Waals surface area contributed by atoms with Crippen LogP contribution in [0.4, 0.5) is 5.69 Å². The number of nitro groups is 1. The summed E-state index contributed by atoms with van der Waals surface area (Å²) in [6, 6.07) is 4.23. The van der Waals surface area contributed by atoms with Gasteiger partial charge >= 0.3 is 0 Å². The predicted molar refractivity (Wildman–Crippen MR) is 88.8 cm³/mol. The first-order valence-corrected chi connectivity index (χ1v) is 7.94. The van der Waals surface area contributed by atoms with Crippen LogP contribution >= 0.6 is 11.8 Å². The van der Waals surface area contributed by atoms with E-state index in [1.807, 2.05) is 6.92 Å². The number of nitro benzene ring substituents is 1. The third-order valence-corrected chi connectivity index (χ3v) is 4.71. The first kappa shape index (κ1) is 17.9. The average molecular weight is 350 g/mol.